The highest BCUT2D eigenvalue weighted by atomic mass is 32.2. The van der Waals surface area contributed by atoms with E-state index in [-0.39, 0.29) is 40.3 Å². The van der Waals surface area contributed by atoms with Crippen molar-refractivity contribution < 1.29 is 26.5 Å². The second-order valence-electron chi connectivity index (χ2n) is 7.07. The number of fused-ring (bicyclic) bond motifs is 1. The summed E-state index contributed by atoms with van der Waals surface area (Å²) in [6.45, 7) is 3.45. The molecule has 2 aromatic heterocycles. The molecule has 0 aliphatic carbocycles. The number of nitrogens with zero attached hydrogens (tertiary/aromatic N) is 3. The number of anilines is 1. The van der Waals surface area contributed by atoms with E-state index in [2.05, 4.69) is 15.5 Å². The molecule has 0 bridgehead atoms. The third kappa shape index (κ3) is 3.70. The van der Waals surface area contributed by atoms with Crippen LogP contribution in [-0.2, 0) is 14.8 Å². The summed E-state index contributed by atoms with van der Waals surface area (Å²) in [5.74, 6) is -2.03. The molecule has 160 valence electrons. The Kier molecular flexibility index (Phi) is 5.32. The van der Waals surface area contributed by atoms with Crippen LogP contribution in [0.25, 0.3) is 10.2 Å². The molecule has 1 saturated heterocycles. The van der Waals surface area contributed by atoms with E-state index < -0.39 is 27.6 Å². The summed E-state index contributed by atoms with van der Waals surface area (Å²) >= 11 is 0.977. The number of rotatable bonds is 4. The van der Waals surface area contributed by atoms with Crippen LogP contribution in [0.5, 0.6) is 0 Å². The van der Waals surface area contributed by atoms with Gasteiger partial charge in [-0.2, -0.15) is 4.31 Å². The lowest BCUT2D eigenvalue weighted by atomic mass is 9.97. The van der Waals surface area contributed by atoms with Crippen LogP contribution < -0.4 is 5.32 Å². The topological polar surface area (TPSA) is 105 Å². The van der Waals surface area contributed by atoms with Gasteiger partial charge in [-0.25, -0.2) is 22.2 Å². The molecule has 8 nitrogen and oxygen atoms in total. The van der Waals surface area contributed by atoms with Crippen LogP contribution in [0.15, 0.2) is 21.6 Å². The van der Waals surface area contributed by atoms with E-state index in [0.29, 0.717) is 23.2 Å². The number of nitrogens with one attached hydrogen (secondary N) is 1. The second-order valence-corrected chi connectivity index (χ2v) is 9.98. The van der Waals surface area contributed by atoms with Gasteiger partial charge in [0.2, 0.25) is 15.9 Å². The Labute approximate surface area is 174 Å². The number of thiazole rings is 1. The molecule has 4 rings (SSSR count). The second kappa shape index (κ2) is 7.67. The first-order valence-corrected chi connectivity index (χ1v) is 11.4. The molecule has 3 aromatic rings. The number of amides is 1. The largest absolute Gasteiger partial charge is 0.360 e. The van der Waals surface area contributed by atoms with Crippen molar-refractivity contribution in [3.8, 4) is 0 Å². The number of halogens is 2. The summed E-state index contributed by atoms with van der Waals surface area (Å²) in [5, 5.41) is 6.50. The number of carbonyl (C=O) groups is 1. The molecule has 0 unspecified atom stereocenters. The van der Waals surface area contributed by atoms with Crippen molar-refractivity contribution in [2.45, 2.75) is 31.6 Å². The van der Waals surface area contributed by atoms with Crippen LogP contribution in [-0.4, -0.2) is 41.9 Å². The quantitative estimate of drug-likeness (QED) is 0.646. The molecule has 1 aromatic carbocycles. The zero-order valence-electron chi connectivity index (χ0n) is 16.1. The molecule has 1 fully saturated rings. The number of aromatic nitrogens is 2. The first kappa shape index (κ1) is 20.8. The van der Waals surface area contributed by atoms with Crippen molar-refractivity contribution in [3.63, 3.8) is 0 Å². The Hall–Kier alpha value is -2.44. The number of aryl methyl sites for hydroxylation is 2. The Bertz CT molecular complexity index is 1210. The first-order chi connectivity index (χ1) is 14.2. The third-order valence-electron chi connectivity index (χ3n) is 5.03. The predicted octanol–water partition coefficient (Wildman–Crippen LogP) is 3.22. The first-order valence-electron chi connectivity index (χ1n) is 9.16. The molecule has 1 amide bonds. The highest BCUT2D eigenvalue weighted by Crippen LogP contribution is 2.31. The molecule has 1 aliphatic rings. The SMILES string of the molecule is Cc1noc(C)c1S(=O)(=O)N1CCC(C(=O)Nc2nc3c(F)cc(F)cc3s2)CC1. The lowest BCUT2D eigenvalue weighted by Gasteiger charge is -2.30. The average Bonchev–Trinajstić information content (AvgIpc) is 3.24. The molecule has 1 N–H and O–H groups in total. The summed E-state index contributed by atoms with van der Waals surface area (Å²) in [7, 11) is -3.76. The Balaban J connectivity index is 1.43. The number of carbonyl (C=O) groups excluding carboxylic acids is 1. The zero-order valence-corrected chi connectivity index (χ0v) is 17.7. The van der Waals surface area contributed by atoms with Gasteiger partial charge in [-0.05, 0) is 32.8 Å². The van der Waals surface area contributed by atoms with Crippen LogP contribution in [0, 0.1) is 31.4 Å². The van der Waals surface area contributed by atoms with E-state index in [9.17, 15) is 22.0 Å². The van der Waals surface area contributed by atoms with Crippen LogP contribution in [0.4, 0.5) is 13.9 Å². The van der Waals surface area contributed by atoms with E-state index in [1.165, 1.54) is 4.31 Å². The maximum atomic E-state index is 13.8. The van der Waals surface area contributed by atoms with E-state index >= 15 is 0 Å². The van der Waals surface area contributed by atoms with Crippen LogP contribution in [0.2, 0.25) is 0 Å². The van der Waals surface area contributed by atoms with Crippen molar-refractivity contribution in [2.75, 3.05) is 18.4 Å². The van der Waals surface area contributed by atoms with Gasteiger partial charge in [-0.3, -0.25) is 4.79 Å². The van der Waals surface area contributed by atoms with Gasteiger partial charge in [0.1, 0.15) is 21.9 Å². The summed E-state index contributed by atoms with van der Waals surface area (Å²) in [4.78, 5) is 16.7. The fraction of sp³-hybridized carbons (Fsp3) is 0.389. The van der Waals surface area contributed by atoms with E-state index in [1.54, 1.807) is 13.8 Å². The molecular weight excluding hydrogens is 438 g/mol. The highest BCUT2D eigenvalue weighted by Gasteiger charge is 2.35. The molecular formula is C18H18F2N4O4S2. The van der Waals surface area contributed by atoms with Crippen molar-refractivity contribution >= 4 is 42.6 Å². The Morgan fingerprint density at radius 2 is 1.97 bits per heavy atom. The third-order valence-corrected chi connectivity index (χ3v) is 8.10. The van der Waals surface area contributed by atoms with Gasteiger partial charge < -0.3 is 9.84 Å². The highest BCUT2D eigenvalue weighted by molar-refractivity contribution is 7.89. The average molecular weight is 456 g/mol. The summed E-state index contributed by atoms with van der Waals surface area (Å²) in [6, 6.07) is 1.90. The van der Waals surface area contributed by atoms with E-state index in [4.69, 9.17) is 4.52 Å². The zero-order chi connectivity index (χ0) is 21.6. The minimum atomic E-state index is -3.76. The van der Waals surface area contributed by atoms with Crippen molar-refractivity contribution in [1.29, 1.82) is 0 Å². The van der Waals surface area contributed by atoms with Gasteiger partial charge in [0.05, 0.1) is 4.70 Å². The van der Waals surface area contributed by atoms with E-state index in [0.717, 1.165) is 23.5 Å². The van der Waals surface area contributed by atoms with Crippen LogP contribution in [0.3, 0.4) is 0 Å². The monoisotopic (exact) mass is 456 g/mol. The molecule has 0 atom stereocenters. The minimum absolute atomic E-state index is 0.00271. The molecule has 12 heteroatoms. The number of hydrogen-bond donors (Lipinski definition) is 1. The molecule has 0 spiro atoms. The van der Waals surface area contributed by atoms with Crippen molar-refractivity contribution in [3.05, 3.63) is 35.2 Å². The summed E-state index contributed by atoms with van der Waals surface area (Å²) in [6.07, 6.45) is 0.643. The van der Waals surface area contributed by atoms with Crippen molar-refractivity contribution in [1.82, 2.24) is 14.4 Å². The maximum Gasteiger partial charge on any atom is 0.248 e. The summed E-state index contributed by atoms with van der Waals surface area (Å²) < 4.78 is 59.4. The standard InChI is InChI=1S/C18H18F2N4O4S2/c1-9-16(10(2)28-23-9)30(26,27)24-5-3-11(4-6-24)17(25)22-18-21-15-13(20)7-12(19)8-14(15)29-18/h7-8,11H,3-6H2,1-2H3,(H,21,22,25). The van der Waals surface area contributed by atoms with Gasteiger partial charge in [0.25, 0.3) is 0 Å². The smallest absolute Gasteiger partial charge is 0.248 e. The van der Waals surface area contributed by atoms with Gasteiger partial charge in [0, 0.05) is 25.1 Å². The van der Waals surface area contributed by atoms with Gasteiger partial charge in [-0.1, -0.05) is 16.5 Å². The number of benzene rings is 1. The van der Waals surface area contributed by atoms with Gasteiger partial charge >= 0.3 is 0 Å². The number of piperidine rings is 1. The van der Waals surface area contributed by atoms with Crippen LogP contribution in [0.1, 0.15) is 24.3 Å². The van der Waals surface area contributed by atoms with Gasteiger partial charge in [-0.15, -0.1) is 0 Å². The lowest BCUT2D eigenvalue weighted by Crippen LogP contribution is -2.41. The number of hydrogen-bond acceptors (Lipinski definition) is 7. The molecule has 30 heavy (non-hydrogen) atoms. The Morgan fingerprint density at radius 1 is 1.27 bits per heavy atom. The van der Waals surface area contributed by atoms with Gasteiger partial charge in [0.15, 0.2) is 16.7 Å². The molecule has 3 heterocycles. The molecule has 1 aliphatic heterocycles. The minimum Gasteiger partial charge on any atom is -0.360 e. The molecule has 0 radical (unpaired) electrons. The maximum absolute atomic E-state index is 13.8. The van der Waals surface area contributed by atoms with E-state index in [1.807, 2.05) is 0 Å². The van der Waals surface area contributed by atoms with Crippen molar-refractivity contribution in [2.24, 2.45) is 5.92 Å². The Morgan fingerprint density at radius 3 is 2.60 bits per heavy atom. The number of sulfonamides is 1. The van der Waals surface area contributed by atoms with Crippen LogP contribution >= 0.6 is 11.3 Å². The fourth-order valence-corrected chi connectivity index (χ4v) is 6.22. The normalized spacial score (nSPS) is 16.3. The molecule has 0 saturated carbocycles. The fourth-order valence-electron chi connectivity index (χ4n) is 3.55. The predicted molar refractivity (Wildman–Crippen MR) is 106 cm³/mol. The lowest BCUT2D eigenvalue weighted by molar-refractivity contribution is -0.120. The summed E-state index contributed by atoms with van der Waals surface area (Å²) in [5.41, 5.74) is 0.295.